The predicted molar refractivity (Wildman–Crippen MR) is 123 cm³/mol. The quantitative estimate of drug-likeness (QED) is 0.585. The highest BCUT2D eigenvalue weighted by Crippen LogP contribution is 2.25. The minimum atomic E-state index is -3.51. The summed E-state index contributed by atoms with van der Waals surface area (Å²) >= 11 is 0. The molecule has 7 nitrogen and oxygen atoms in total. The molecule has 1 aromatic heterocycles. The molecule has 1 amide bonds. The number of carbonyl (C=O) groups excluding carboxylic acids is 1. The fourth-order valence-electron chi connectivity index (χ4n) is 4.40. The number of unbranched alkanes of at least 4 members (excludes halogenated alkanes) is 1. The van der Waals surface area contributed by atoms with Crippen molar-refractivity contribution in [2.24, 2.45) is 0 Å². The lowest BCUT2D eigenvalue weighted by Gasteiger charge is -2.35. The number of benzene rings is 1. The van der Waals surface area contributed by atoms with Crippen LogP contribution in [0.1, 0.15) is 64.6 Å². The van der Waals surface area contributed by atoms with Crippen molar-refractivity contribution < 1.29 is 13.2 Å². The van der Waals surface area contributed by atoms with E-state index in [4.69, 9.17) is 4.98 Å². The highest BCUT2D eigenvalue weighted by Gasteiger charge is 2.26. The van der Waals surface area contributed by atoms with Crippen LogP contribution >= 0.6 is 0 Å². The second-order valence-electron chi connectivity index (χ2n) is 8.62. The summed E-state index contributed by atoms with van der Waals surface area (Å²) in [5.74, 6) is 1.07. The average molecular weight is 449 g/mol. The van der Waals surface area contributed by atoms with Crippen molar-refractivity contribution in [3.63, 3.8) is 0 Å². The summed E-state index contributed by atoms with van der Waals surface area (Å²) in [5.41, 5.74) is 1.60. The summed E-state index contributed by atoms with van der Waals surface area (Å²) in [6.45, 7) is 5.97. The normalized spacial score (nSPS) is 17.6. The van der Waals surface area contributed by atoms with E-state index in [0.717, 1.165) is 56.5 Å². The molecule has 0 radical (unpaired) electrons. The number of likely N-dealkylation sites (tertiary alicyclic amines) is 1. The van der Waals surface area contributed by atoms with Crippen LogP contribution in [0.5, 0.6) is 0 Å². The number of fused-ring (bicyclic) bond motifs is 1. The average Bonchev–Trinajstić information content (AvgIpc) is 3.12. The summed E-state index contributed by atoms with van der Waals surface area (Å²) in [7, 11) is -0.458. The van der Waals surface area contributed by atoms with Gasteiger partial charge in [-0.25, -0.2) is 17.7 Å². The molecule has 1 aliphatic heterocycles. The monoisotopic (exact) mass is 448 g/mol. The van der Waals surface area contributed by atoms with E-state index in [-0.39, 0.29) is 10.8 Å². The Kier molecular flexibility index (Phi) is 7.75. The number of rotatable bonds is 9. The summed E-state index contributed by atoms with van der Waals surface area (Å²) in [4.78, 5) is 20.0. The van der Waals surface area contributed by atoms with E-state index >= 15 is 0 Å². The van der Waals surface area contributed by atoms with Gasteiger partial charge in [-0.2, -0.15) is 0 Å². The zero-order chi connectivity index (χ0) is 22.6. The van der Waals surface area contributed by atoms with Crippen LogP contribution in [0.3, 0.4) is 0 Å². The number of sulfonamides is 1. The van der Waals surface area contributed by atoms with Crippen molar-refractivity contribution in [2.45, 2.75) is 82.7 Å². The number of carbonyl (C=O) groups is 1. The first-order valence-electron chi connectivity index (χ1n) is 11.5. The van der Waals surface area contributed by atoms with Crippen molar-refractivity contribution >= 4 is 27.0 Å². The van der Waals surface area contributed by atoms with E-state index in [9.17, 15) is 13.2 Å². The topological polar surface area (TPSA) is 75.5 Å². The van der Waals surface area contributed by atoms with Gasteiger partial charge in [-0.05, 0) is 50.3 Å². The summed E-state index contributed by atoms with van der Waals surface area (Å²) in [6.07, 6.45) is 7.46. The molecule has 1 atom stereocenters. The fourth-order valence-corrected chi connectivity index (χ4v) is 5.33. The number of aryl methyl sites for hydroxylation is 2. The predicted octanol–water partition coefficient (Wildman–Crippen LogP) is 3.81. The fraction of sp³-hybridized carbons (Fsp3) is 0.652. The van der Waals surface area contributed by atoms with Gasteiger partial charge in [-0.1, -0.05) is 20.3 Å². The smallest absolute Gasteiger partial charge is 0.242 e. The third-order valence-corrected chi connectivity index (χ3v) is 8.10. The number of nitrogens with zero attached hydrogens (tertiary/aromatic N) is 4. The second-order valence-corrected chi connectivity index (χ2v) is 10.8. The molecule has 1 saturated heterocycles. The largest absolute Gasteiger partial charge is 0.340 e. The molecule has 3 rings (SSSR count). The lowest BCUT2D eigenvalue weighted by atomic mass is 9.99. The molecule has 2 aromatic rings. The van der Waals surface area contributed by atoms with Gasteiger partial charge < -0.3 is 9.47 Å². The van der Waals surface area contributed by atoms with Gasteiger partial charge in [0, 0.05) is 46.1 Å². The number of hydrogen-bond donors (Lipinski definition) is 0. The van der Waals surface area contributed by atoms with Crippen LogP contribution < -0.4 is 0 Å². The van der Waals surface area contributed by atoms with Crippen molar-refractivity contribution in [1.82, 2.24) is 18.8 Å². The minimum Gasteiger partial charge on any atom is -0.340 e. The maximum atomic E-state index is 12.9. The van der Waals surface area contributed by atoms with E-state index in [1.165, 1.54) is 24.8 Å². The van der Waals surface area contributed by atoms with Crippen LogP contribution in [-0.2, 0) is 27.8 Å². The maximum Gasteiger partial charge on any atom is 0.242 e. The number of imidazole rings is 1. The van der Waals surface area contributed by atoms with Crippen LogP contribution in [0.4, 0.5) is 0 Å². The van der Waals surface area contributed by atoms with Gasteiger partial charge in [0.25, 0.3) is 0 Å². The molecule has 0 N–H and O–H groups in total. The van der Waals surface area contributed by atoms with Gasteiger partial charge in [0.15, 0.2) is 0 Å². The molecule has 172 valence electrons. The molecule has 31 heavy (non-hydrogen) atoms. The molecule has 1 aromatic carbocycles. The first-order chi connectivity index (χ1) is 14.8. The first-order valence-corrected chi connectivity index (χ1v) is 12.9. The van der Waals surface area contributed by atoms with Crippen LogP contribution in [0.2, 0.25) is 0 Å². The van der Waals surface area contributed by atoms with Gasteiger partial charge in [-0.3, -0.25) is 4.79 Å². The Balaban J connectivity index is 1.86. The van der Waals surface area contributed by atoms with Gasteiger partial charge in [0.2, 0.25) is 15.9 Å². The van der Waals surface area contributed by atoms with Crippen LogP contribution in [0, 0.1) is 0 Å². The Morgan fingerprint density at radius 1 is 1.23 bits per heavy atom. The summed E-state index contributed by atoms with van der Waals surface area (Å²) in [5, 5.41) is 0. The second kappa shape index (κ2) is 10.1. The molecule has 0 bridgehead atoms. The Hall–Kier alpha value is -1.93. The zero-order valence-electron chi connectivity index (χ0n) is 19.3. The number of piperidine rings is 1. The van der Waals surface area contributed by atoms with Crippen LogP contribution in [0.15, 0.2) is 23.1 Å². The minimum absolute atomic E-state index is 0.205. The lowest BCUT2D eigenvalue weighted by Crippen LogP contribution is -2.43. The summed E-state index contributed by atoms with van der Waals surface area (Å²) in [6, 6.07) is 5.50. The molecule has 0 aliphatic carbocycles. The van der Waals surface area contributed by atoms with E-state index in [0.29, 0.717) is 24.4 Å². The van der Waals surface area contributed by atoms with Gasteiger partial charge in [-0.15, -0.1) is 0 Å². The molecular formula is C23H36N4O3S. The van der Waals surface area contributed by atoms with E-state index in [1.807, 2.05) is 6.07 Å². The van der Waals surface area contributed by atoms with Crippen LogP contribution in [-0.4, -0.2) is 59.8 Å². The first kappa shape index (κ1) is 23.7. The number of aromatic nitrogens is 2. The third-order valence-electron chi connectivity index (χ3n) is 6.29. The molecule has 2 heterocycles. The van der Waals surface area contributed by atoms with Crippen molar-refractivity contribution in [1.29, 1.82) is 0 Å². The number of hydrogen-bond acceptors (Lipinski definition) is 4. The van der Waals surface area contributed by atoms with Crippen molar-refractivity contribution in [2.75, 3.05) is 20.6 Å². The molecule has 1 unspecified atom stereocenters. The van der Waals surface area contributed by atoms with Gasteiger partial charge >= 0.3 is 0 Å². The Labute approximate surface area is 186 Å². The van der Waals surface area contributed by atoms with E-state index < -0.39 is 10.0 Å². The maximum absolute atomic E-state index is 12.9. The van der Waals surface area contributed by atoms with Crippen molar-refractivity contribution in [3.8, 4) is 0 Å². The number of amides is 1. The van der Waals surface area contributed by atoms with Crippen LogP contribution in [0.25, 0.3) is 11.0 Å². The standard InChI is InChI=1S/C23H36N4O3S/c1-5-7-15-27-21-12-11-19(31(29,30)25(3)4)17-20(21)24-22(27)13-14-23(28)26-16-9-8-10-18(26)6-2/h11-12,17-18H,5-10,13-16H2,1-4H3. The Bertz CT molecular complexity index is 1010. The third kappa shape index (κ3) is 5.12. The molecule has 1 aliphatic rings. The lowest BCUT2D eigenvalue weighted by molar-refractivity contribution is -0.134. The molecule has 0 spiro atoms. The molecule has 0 saturated carbocycles. The van der Waals surface area contributed by atoms with E-state index in [1.54, 1.807) is 12.1 Å². The highest BCUT2D eigenvalue weighted by atomic mass is 32.2. The molecular weight excluding hydrogens is 412 g/mol. The zero-order valence-corrected chi connectivity index (χ0v) is 20.1. The van der Waals surface area contributed by atoms with Crippen molar-refractivity contribution in [3.05, 3.63) is 24.0 Å². The Morgan fingerprint density at radius 3 is 2.68 bits per heavy atom. The molecule has 1 fully saturated rings. The van der Waals surface area contributed by atoms with Gasteiger partial charge in [0.1, 0.15) is 5.82 Å². The SMILES string of the molecule is CCCCn1c(CCC(=O)N2CCCCC2CC)nc2cc(S(=O)(=O)N(C)C)ccc21. The molecule has 8 heteroatoms. The van der Waals surface area contributed by atoms with Gasteiger partial charge in [0.05, 0.1) is 15.9 Å². The highest BCUT2D eigenvalue weighted by molar-refractivity contribution is 7.89. The summed E-state index contributed by atoms with van der Waals surface area (Å²) < 4.78 is 28.4. The Morgan fingerprint density at radius 2 is 2.00 bits per heavy atom. The van der Waals surface area contributed by atoms with E-state index in [2.05, 4.69) is 23.3 Å².